The minimum atomic E-state index is -4.42. The second kappa shape index (κ2) is 5.27. The van der Waals surface area contributed by atoms with E-state index in [0.29, 0.717) is 5.69 Å². The predicted molar refractivity (Wildman–Crippen MR) is 70.0 cm³/mol. The van der Waals surface area contributed by atoms with Crippen molar-refractivity contribution in [1.82, 2.24) is 4.98 Å². The largest absolute Gasteiger partial charge is 0.416 e. The highest BCUT2D eigenvalue weighted by atomic mass is 19.4. The van der Waals surface area contributed by atoms with E-state index in [1.807, 2.05) is 0 Å². The Balaban J connectivity index is 2.24. The van der Waals surface area contributed by atoms with E-state index in [1.54, 1.807) is 0 Å². The number of anilines is 3. The number of rotatable bonds is 3. The number of nitrogen functional groups attached to an aromatic ring is 1. The number of nitrogens with one attached hydrogen (secondary N) is 1. The van der Waals surface area contributed by atoms with Crippen LogP contribution in [0.2, 0.25) is 0 Å². The first-order valence-electron chi connectivity index (χ1n) is 5.62. The number of nitrogens with zero attached hydrogens (tertiary/aromatic N) is 2. The Morgan fingerprint density at radius 1 is 1.19 bits per heavy atom. The van der Waals surface area contributed by atoms with Gasteiger partial charge in [-0.1, -0.05) is 0 Å². The van der Waals surface area contributed by atoms with Crippen LogP contribution in [0.4, 0.5) is 36.2 Å². The number of hydrogen-bond donors (Lipinski definition) is 2. The maximum Gasteiger partial charge on any atom is 0.416 e. The molecule has 0 atom stereocenters. The number of aromatic nitrogens is 1. The van der Waals surface area contributed by atoms with Gasteiger partial charge in [0.25, 0.3) is 5.69 Å². The van der Waals surface area contributed by atoms with Gasteiger partial charge in [-0.2, -0.15) is 13.2 Å². The summed E-state index contributed by atoms with van der Waals surface area (Å²) in [5.74, 6) is 0.0000651. The third kappa shape index (κ3) is 3.59. The molecular weight excluding hydrogens is 289 g/mol. The molecule has 0 unspecified atom stereocenters. The molecule has 0 saturated carbocycles. The van der Waals surface area contributed by atoms with Crippen molar-refractivity contribution in [1.29, 1.82) is 0 Å². The molecule has 0 fully saturated rings. The van der Waals surface area contributed by atoms with Gasteiger partial charge >= 0.3 is 6.18 Å². The Kier molecular flexibility index (Phi) is 3.66. The molecule has 0 amide bonds. The fraction of sp³-hybridized carbons (Fsp3) is 0.0833. The summed E-state index contributed by atoms with van der Waals surface area (Å²) >= 11 is 0. The molecule has 9 heteroatoms. The molecule has 110 valence electrons. The standard InChI is InChI=1S/C12H9F3N4O2/c13-12(14,15)7-1-3-8(4-2-7)17-11-6-9(19(20)21)5-10(16)18-11/h1-6H,(H3,16,17,18). The zero-order chi connectivity index (χ0) is 15.6. The molecule has 21 heavy (non-hydrogen) atoms. The van der Waals surface area contributed by atoms with Crippen LogP contribution in [-0.2, 0) is 6.18 Å². The predicted octanol–water partition coefficient (Wildman–Crippen LogP) is 3.33. The van der Waals surface area contributed by atoms with Crippen LogP contribution in [-0.4, -0.2) is 9.91 Å². The van der Waals surface area contributed by atoms with Crippen molar-refractivity contribution in [2.24, 2.45) is 0 Å². The van der Waals surface area contributed by atoms with Crippen molar-refractivity contribution < 1.29 is 18.1 Å². The Morgan fingerprint density at radius 2 is 1.81 bits per heavy atom. The molecule has 0 aliphatic carbocycles. The van der Waals surface area contributed by atoms with Gasteiger partial charge in [0.1, 0.15) is 11.6 Å². The van der Waals surface area contributed by atoms with Gasteiger partial charge in [0.05, 0.1) is 22.6 Å². The minimum Gasteiger partial charge on any atom is -0.383 e. The summed E-state index contributed by atoms with van der Waals surface area (Å²) in [6.45, 7) is 0. The summed E-state index contributed by atoms with van der Waals surface area (Å²) in [7, 11) is 0. The van der Waals surface area contributed by atoms with Gasteiger partial charge < -0.3 is 11.1 Å². The lowest BCUT2D eigenvalue weighted by Crippen LogP contribution is -2.04. The van der Waals surface area contributed by atoms with Crippen molar-refractivity contribution in [3.63, 3.8) is 0 Å². The summed E-state index contributed by atoms with van der Waals surface area (Å²) in [5, 5.41) is 13.3. The van der Waals surface area contributed by atoms with E-state index >= 15 is 0 Å². The van der Waals surface area contributed by atoms with E-state index in [0.717, 1.165) is 24.3 Å². The number of benzene rings is 1. The maximum absolute atomic E-state index is 12.4. The second-order valence-electron chi connectivity index (χ2n) is 4.09. The topological polar surface area (TPSA) is 94.1 Å². The highest BCUT2D eigenvalue weighted by molar-refractivity contribution is 5.61. The zero-order valence-electron chi connectivity index (χ0n) is 10.4. The molecule has 2 rings (SSSR count). The average molecular weight is 298 g/mol. The quantitative estimate of drug-likeness (QED) is 0.669. The van der Waals surface area contributed by atoms with Gasteiger partial charge in [-0.3, -0.25) is 10.1 Å². The van der Waals surface area contributed by atoms with Gasteiger partial charge in [-0.25, -0.2) is 4.98 Å². The zero-order valence-corrected chi connectivity index (χ0v) is 10.4. The molecule has 0 bridgehead atoms. The lowest BCUT2D eigenvalue weighted by molar-refractivity contribution is -0.384. The van der Waals surface area contributed by atoms with Gasteiger partial charge in [0.2, 0.25) is 0 Å². The number of halogens is 3. The lowest BCUT2D eigenvalue weighted by atomic mass is 10.2. The summed E-state index contributed by atoms with van der Waals surface area (Å²) in [6.07, 6.45) is -4.42. The molecule has 0 spiro atoms. The van der Waals surface area contributed by atoms with Crippen molar-refractivity contribution >= 4 is 23.0 Å². The molecule has 0 aliphatic rings. The monoisotopic (exact) mass is 298 g/mol. The normalized spacial score (nSPS) is 11.2. The van der Waals surface area contributed by atoms with Gasteiger partial charge in [-0.05, 0) is 24.3 Å². The third-order valence-corrected chi connectivity index (χ3v) is 2.53. The van der Waals surface area contributed by atoms with Crippen LogP contribution < -0.4 is 11.1 Å². The van der Waals surface area contributed by atoms with Crippen molar-refractivity contribution in [3.8, 4) is 0 Å². The molecule has 2 aromatic rings. The molecular formula is C12H9F3N4O2. The fourth-order valence-corrected chi connectivity index (χ4v) is 1.60. The number of hydrogen-bond acceptors (Lipinski definition) is 5. The van der Waals surface area contributed by atoms with E-state index in [9.17, 15) is 23.3 Å². The molecule has 0 aliphatic heterocycles. The van der Waals surface area contributed by atoms with E-state index < -0.39 is 16.7 Å². The molecule has 1 aromatic carbocycles. The van der Waals surface area contributed by atoms with E-state index in [4.69, 9.17) is 5.73 Å². The smallest absolute Gasteiger partial charge is 0.383 e. The molecule has 6 nitrogen and oxygen atoms in total. The fourth-order valence-electron chi connectivity index (χ4n) is 1.60. The molecule has 0 saturated heterocycles. The lowest BCUT2D eigenvalue weighted by Gasteiger charge is -2.09. The van der Waals surface area contributed by atoms with Gasteiger partial charge in [0, 0.05) is 5.69 Å². The Bertz CT molecular complexity index is 671. The molecule has 3 N–H and O–H groups in total. The number of pyridine rings is 1. The number of nitrogens with two attached hydrogens (primary N) is 1. The van der Waals surface area contributed by atoms with Crippen LogP contribution in [0.15, 0.2) is 36.4 Å². The van der Waals surface area contributed by atoms with Gasteiger partial charge in [-0.15, -0.1) is 0 Å². The minimum absolute atomic E-state index is 0.0707. The van der Waals surface area contributed by atoms with Crippen molar-refractivity contribution in [3.05, 3.63) is 52.1 Å². The van der Waals surface area contributed by atoms with Gasteiger partial charge in [0.15, 0.2) is 0 Å². The van der Waals surface area contributed by atoms with E-state index in [1.165, 1.54) is 12.1 Å². The van der Waals surface area contributed by atoms with Crippen LogP contribution in [0.1, 0.15) is 5.56 Å². The average Bonchev–Trinajstić information content (AvgIpc) is 2.37. The summed E-state index contributed by atoms with van der Waals surface area (Å²) in [6, 6.07) is 6.39. The van der Waals surface area contributed by atoms with Crippen LogP contribution in [0.3, 0.4) is 0 Å². The summed E-state index contributed by atoms with van der Waals surface area (Å²) in [4.78, 5) is 13.9. The SMILES string of the molecule is Nc1cc([N+](=O)[O-])cc(Nc2ccc(C(F)(F)F)cc2)n1. The third-order valence-electron chi connectivity index (χ3n) is 2.53. The highest BCUT2D eigenvalue weighted by Gasteiger charge is 2.29. The highest BCUT2D eigenvalue weighted by Crippen LogP contribution is 2.30. The molecule has 1 heterocycles. The second-order valence-corrected chi connectivity index (χ2v) is 4.09. The molecule has 0 radical (unpaired) electrons. The number of alkyl halides is 3. The summed E-state index contributed by atoms with van der Waals surface area (Å²) in [5.41, 5.74) is 4.67. The Labute approximate surface area is 116 Å². The maximum atomic E-state index is 12.4. The van der Waals surface area contributed by atoms with Crippen molar-refractivity contribution in [2.75, 3.05) is 11.1 Å². The first kappa shape index (κ1) is 14.6. The van der Waals surface area contributed by atoms with E-state index in [-0.39, 0.29) is 17.3 Å². The van der Waals surface area contributed by atoms with E-state index in [2.05, 4.69) is 10.3 Å². The first-order valence-corrected chi connectivity index (χ1v) is 5.62. The first-order chi connectivity index (χ1) is 9.75. The van der Waals surface area contributed by atoms with Crippen LogP contribution in [0, 0.1) is 10.1 Å². The molecule has 1 aromatic heterocycles. The summed E-state index contributed by atoms with van der Waals surface area (Å²) < 4.78 is 37.3. The van der Waals surface area contributed by atoms with Crippen molar-refractivity contribution in [2.45, 2.75) is 6.18 Å². The number of nitro groups is 1. The Morgan fingerprint density at radius 3 is 2.33 bits per heavy atom. The van der Waals surface area contributed by atoms with Crippen LogP contribution >= 0.6 is 0 Å². The van der Waals surface area contributed by atoms with Crippen LogP contribution in [0.25, 0.3) is 0 Å². The van der Waals surface area contributed by atoms with Crippen LogP contribution in [0.5, 0.6) is 0 Å². The Hall–Kier alpha value is -2.84.